The number of hydrogen-bond donors (Lipinski definition) is 3. The van der Waals surface area contributed by atoms with Gasteiger partial charge in [0.25, 0.3) is 0 Å². The van der Waals surface area contributed by atoms with Crippen LogP contribution in [0.25, 0.3) is 0 Å². The second-order valence-corrected chi connectivity index (χ2v) is 4.58. The van der Waals surface area contributed by atoms with Gasteiger partial charge < -0.3 is 16.5 Å². The van der Waals surface area contributed by atoms with Gasteiger partial charge in [0.1, 0.15) is 5.82 Å². The lowest BCUT2D eigenvalue weighted by molar-refractivity contribution is -0.126. The van der Waals surface area contributed by atoms with Crippen LogP contribution in [0.15, 0.2) is 65.5 Å². The van der Waals surface area contributed by atoms with Crippen LogP contribution in [0.1, 0.15) is 6.42 Å². The summed E-state index contributed by atoms with van der Waals surface area (Å²) >= 11 is 0. The molecule has 3 nitrogen and oxygen atoms in total. The third-order valence-electron chi connectivity index (χ3n) is 2.83. The summed E-state index contributed by atoms with van der Waals surface area (Å²) in [6, 6.07) is 9.10. The Morgan fingerprint density at radius 2 is 1.81 bits per heavy atom. The van der Waals surface area contributed by atoms with E-state index in [9.17, 15) is 13.2 Å². The van der Waals surface area contributed by atoms with Gasteiger partial charge in [-0.15, -0.1) is 0 Å². The molecule has 0 amide bonds. The first-order valence-corrected chi connectivity index (χ1v) is 6.21. The maximum absolute atomic E-state index is 12.3. The molecule has 2 rings (SSSR count). The minimum Gasteiger partial charge on any atom is -0.385 e. The number of nitrogens with one attached hydrogen (secondary N) is 2. The van der Waals surface area contributed by atoms with Crippen LogP contribution in [0, 0.1) is 5.41 Å². The second-order valence-electron chi connectivity index (χ2n) is 4.58. The fraction of sp³-hybridized carbons (Fsp3) is 0.133. The maximum Gasteiger partial charge on any atom is 0.393 e. The van der Waals surface area contributed by atoms with E-state index in [4.69, 9.17) is 11.1 Å². The summed E-state index contributed by atoms with van der Waals surface area (Å²) in [6.07, 6.45) is -1.39. The molecule has 0 spiro atoms. The highest BCUT2D eigenvalue weighted by atomic mass is 19.4. The molecule has 0 saturated carbocycles. The number of anilines is 1. The van der Waals surface area contributed by atoms with Gasteiger partial charge in [0.05, 0.1) is 12.1 Å². The fourth-order valence-electron chi connectivity index (χ4n) is 1.91. The number of nitrogens with two attached hydrogens (primary N) is 1. The van der Waals surface area contributed by atoms with E-state index >= 15 is 0 Å². The number of halogens is 3. The summed E-state index contributed by atoms with van der Waals surface area (Å²) < 4.78 is 36.9. The Bertz CT molecular complexity index is 625. The van der Waals surface area contributed by atoms with Crippen LogP contribution in [-0.2, 0) is 0 Å². The Labute approximate surface area is 120 Å². The van der Waals surface area contributed by atoms with Crippen molar-refractivity contribution in [1.82, 2.24) is 0 Å². The van der Waals surface area contributed by atoms with E-state index in [0.717, 1.165) is 5.69 Å². The van der Waals surface area contributed by atoms with E-state index in [1.165, 1.54) is 18.2 Å². The van der Waals surface area contributed by atoms with E-state index in [2.05, 4.69) is 5.32 Å². The zero-order chi connectivity index (χ0) is 15.5. The summed E-state index contributed by atoms with van der Waals surface area (Å²) in [5, 5.41) is 10.7. The molecule has 1 aromatic rings. The molecule has 1 aliphatic rings. The van der Waals surface area contributed by atoms with Gasteiger partial charge in [-0.25, -0.2) is 0 Å². The summed E-state index contributed by atoms with van der Waals surface area (Å²) in [7, 11) is 0. The van der Waals surface area contributed by atoms with Crippen molar-refractivity contribution in [2.75, 3.05) is 5.32 Å². The van der Waals surface area contributed by atoms with Crippen LogP contribution in [0.3, 0.4) is 0 Å². The molecule has 0 aliphatic heterocycles. The number of benzene rings is 1. The highest BCUT2D eigenvalue weighted by molar-refractivity contribution is 6.10. The molecule has 0 heterocycles. The number of alkyl halides is 3. The average molecular weight is 293 g/mol. The first kappa shape index (κ1) is 14.9. The zero-order valence-corrected chi connectivity index (χ0v) is 11.0. The van der Waals surface area contributed by atoms with Crippen molar-refractivity contribution in [2.45, 2.75) is 12.6 Å². The van der Waals surface area contributed by atoms with Crippen molar-refractivity contribution in [1.29, 1.82) is 5.41 Å². The quantitative estimate of drug-likeness (QED) is 0.795. The Hall–Kier alpha value is -2.50. The first-order valence-electron chi connectivity index (χ1n) is 6.21. The lowest BCUT2D eigenvalue weighted by Gasteiger charge is -2.15. The van der Waals surface area contributed by atoms with E-state index in [0.29, 0.717) is 5.57 Å². The summed E-state index contributed by atoms with van der Waals surface area (Å²) in [6.45, 7) is 0. The van der Waals surface area contributed by atoms with Crippen LogP contribution in [0.5, 0.6) is 0 Å². The van der Waals surface area contributed by atoms with E-state index < -0.39 is 12.6 Å². The normalized spacial score (nSPS) is 17.5. The van der Waals surface area contributed by atoms with E-state index in [1.807, 2.05) is 18.2 Å². The zero-order valence-electron chi connectivity index (χ0n) is 11.0. The summed E-state index contributed by atoms with van der Waals surface area (Å²) in [4.78, 5) is 0. The highest BCUT2D eigenvalue weighted by Crippen LogP contribution is 2.27. The van der Waals surface area contributed by atoms with Crippen molar-refractivity contribution >= 4 is 11.4 Å². The molecule has 0 saturated heterocycles. The predicted molar refractivity (Wildman–Crippen MR) is 76.9 cm³/mol. The molecular formula is C15H14F3N3. The van der Waals surface area contributed by atoms with Gasteiger partial charge in [0, 0.05) is 11.3 Å². The van der Waals surface area contributed by atoms with Crippen LogP contribution >= 0.6 is 0 Å². The lowest BCUT2D eigenvalue weighted by Crippen LogP contribution is -2.18. The molecule has 21 heavy (non-hydrogen) atoms. The number of allylic oxidation sites excluding steroid dienone is 5. The van der Waals surface area contributed by atoms with Crippen LogP contribution in [0.2, 0.25) is 0 Å². The standard InChI is InChI=1S/C15H14F3N3/c16-15(17,18)9-10-6-7-12(13(19)8-10)14(20)21-11-4-2-1-3-5-11/h1-8,19,21H,9,20H2/b14-12-,19-13?. The molecule has 0 aromatic heterocycles. The van der Waals surface area contributed by atoms with Gasteiger partial charge >= 0.3 is 6.18 Å². The van der Waals surface area contributed by atoms with Gasteiger partial charge in [0.2, 0.25) is 0 Å². The molecule has 110 valence electrons. The SMILES string of the molecule is N=C1C=C(CC(F)(F)F)C=C/C1=C(\N)Nc1ccccc1. The molecule has 0 atom stereocenters. The fourth-order valence-corrected chi connectivity index (χ4v) is 1.91. The number of para-hydroxylation sites is 1. The minimum absolute atomic E-state index is 0.0438. The second kappa shape index (κ2) is 5.87. The van der Waals surface area contributed by atoms with Crippen LogP contribution in [0.4, 0.5) is 18.9 Å². The Morgan fingerprint density at radius 3 is 2.38 bits per heavy atom. The van der Waals surface area contributed by atoms with Gasteiger partial charge in [-0.3, -0.25) is 0 Å². The molecule has 0 unspecified atom stereocenters. The third kappa shape index (κ3) is 4.24. The lowest BCUT2D eigenvalue weighted by atomic mass is 9.98. The molecule has 0 fully saturated rings. The summed E-state index contributed by atoms with van der Waals surface area (Å²) in [5.41, 5.74) is 6.98. The molecule has 4 N–H and O–H groups in total. The molecule has 6 heteroatoms. The van der Waals surface area contributed by atoms with Crippen LogP contribution in [-0.4, -0.2) is 11.9 Å². The van der Waals surface area contributed by atoms with Crippen molar-refractivity contribution in [3.63, 3.8) is 0 Å². The van der Waals surface area contributed by atoms with Crippen molar-refractivity contribution in [3.8, 4) is 0 Å². The topological polar surface area (TPSA) is 61.9 Å². The van der Waals surface area contributed by atoms with E-state index in [-0.39, 0.29) is 17.1 Å². The Morgan fingerprint density at radius 1 is 1.14 bits per heavy atom. The van der Waals surface area contributed by atoms with Crippen molar-refractivity contribution < 1.29 is 13.2 Å². The highest BCUT2D eigenvalue weighted by Gasteiger charge is 2.29. The number of hydrogen-bond acceptors (Lipinski definition) is 3. The monoisotopic (exact) mass is 293 g/mol. The van der Waals surface area contributed by atoms with E-state index in [1.54, 1.807) is 12.1 Å². The van der Waals surface area contributed by atoms with Gasteiger partial charge in [0.15, 0.2) is 0 Å². The van der Waals surface area contributed by atoms with Gasteiger partial charge in [-0.1, -0.05) is 24.3 Å². The minimum atomic E-state index is -4.29. The van der Waals surface area contributed by atoms with Gasteiger partial charge in [-0.05, 0) is 29.9 Å². The van der Waals surface area contributed by atoms with Crippen LogP contribution < -0.4 is 11.1 Å². The summed E-state index contributed by atoms with van der Waals surface area (Å²) in [5.74, 6) is 0.227. The third-order valence-corrected chi connectivity index (χ3v) is 2.83. The number of rotatable bonds is 3. The Balaban J connectivity index is 2.15. The predicted octanol–water partition coefficient (Wildman–Crippen LogP) is 3.74. The first-order chi connectivity index (χ1) is 9.85. The smallest absolute Gasteiger partial charge is 0.385 e. The maximum atomic E-state index is 12.3. The molecule has 0 radical (unpaired) electrons. The van der Waals surface area contributed by atoms with Crippen molar-refractivity contribution in [3.05, 3.63) is 65.5 Å². The molecular weight excluding hydrogens is 279 g/mol. The van der Waals surface area contributed by atoms with Gasteiger partial charge in [-0.2, -0.15) is 13.2 Å². The molecule has 1 aromatic carbocycles. The molecule has 1 aliphatic carbocycles. The van der Waals surface area contributed by atoms with Crippen molar-refractivity contribution in [2.24, 2.45) is 5.73 Å². The Kier molecular flexibility index (Phi) is 4.16. The average Bonchev–Trinajstić information content (AvgIpc) is 2.37. The largest absolute Gasteiger partial charge is 0.393 e. The molecule has 0 bridgehead atoms.